The van der Waals surface area contributed by atoms with Crippen LogP contribution in [0.2, 0.25) is 0 Å². The average molecular weight is 240 g/mol. The zero-order valence-electron chi connectivity index (χ0n) is 11.5. The zero-order valence-corrected chi connectivity index (χ0v) is 11.5. The zero-order chi connectivity index (χ0) is 12.5. The van der Waals surface area contributed by atoms with Gasteiger partial charge in [0.1, 0.15) is 0 Å². The molecule has 1 unspecified atom stereocenters. The van der Waals surface area contributed by atoms with Gasteiger partial charge < -0.3 is 10.2 Å². The summed E-state index contributed by atoms with van der Waals surface area (Å²) in [5.41, 5.74) is 0. The summed E-state index contributed by atoms with van der Waals surface area (Å²) in [7, 11) is 0. The first kappa shape index (κ1) is 14.5. The predicted molar refractivity (Wildman–Crippen MR) is 72.0 cm³/mol. The Hall–Kier alpha value is -0.570. The van der Waals surface area contributed by atoms with Crippen LogP contribution in [0.3, 0.4) is 0 Å². The summed E-state index contributed by atoms with van der Waals surface area (Å²) in [6.45, 7) is 7.24. The van der Waals surface area contributed by atoms with Gasteiger partial charge in [-0.25, -0.2) is 0 Å². The highest BCUT2D eigenvalue weighted by atomic mass is 16.2. The Morgan fingerprint density at radius 3 is 2.59 bits per heavy atom. The highest BCUT2D eigenvalue weighted by Crippen LogP contribution is 2.09. The molecule has 1 rings (SSSR count). The maximum Gasteiger partial charge on any atom is 0.223 e. The van der Waals surface area contributed by atoms with Crippen molar-refractivity contribution >= 4 is 5.91 Å². The van der Waals surface area contributed by atoms with E-state index in [0.29, 0.717) is 18.4 Å². The number of hydrogen-bond donors (Lipinski definition) is 1. The summed E-state index contributed by atoms with van der Waals surface area (Å²) in [4.78, 5) is 13.8. The van der Waals surface area contributed by atoms with Crippen molar-refractivity contribution in [2.45, 2.75) is 64.8 Å². The SMILES string of the molecule is CCCCC(CC)NCCC(=O)N1CCCC1. The topological polar surface area (TPSA) is 32.3 Å². The molecule has 100 valence electrons. The van der Waals surface area contributed by atoms with Crippen molar-refractivity contribution in [3.8, 4) is 0 Å². The van der Waals surface area contributed by atoms with Crippen LogP contribution >= 0.6 is 0 Å². The molecule has 1 atom stereocenters. The lowest BCUT2D eigenvalue weighted by atomic mass is 10.1. The molecule has 17 heavy (non-hydrogen) atoms. The van der Waals surface area contributed by atoms with Crippen LogP contribution in [-0.2, 0) is 4.79 Å². The Kier molecular flexibility index (Phi) is 7.25. The van der Waals surface area contributed by atoms with Crippen molar-refractivity contribution < 1.29 is 4.79 Å². The molecule has 1 aliphatic heterocycles. The number of nitrogens with zero attached hydrogens (tertiary/aromatic N) is 1. The summed E-state index contributed by atoms with van der Waals surface area (Å²) in [6, 6.07) is 0.598. The van der Waals surface area contributed by atoms with E-state index < -0.39 is 0 Å². The third-order valence-corrected chi connectivity index (χ3v) is 3.63. The third kappa shape index (κ3) is 5.53. The van der Waals surface area contributed by atoms with Crippen LogP contribution in [0.1, 0.15) is 58.8 Å². The van der Waals surface area contributed by atoms with Gasteiger partial charge in [-0.1, -0.05) is 26.7 Å². The highest BCUT2D eigenvalue weighted by Gasteiger charge is 2.17. The van der Waals surface area contributed by atoms with Gasteiger partial charge in [0, 0.05) is 32.1 Å². The minimum absolute atomic E-state index is 0.334. The lowest BCUT2D eigenvalue weighted by Gasteiger charge is -2.18. The number of carbonyl (C=O) groups excluding carboxylic acids is 1. The second kappa shape index (κ2) is 8.51. The summed E-state index contributed by atoms with van der Waals surface area (Å²) in [5.74, 6) is 0.334. The van der Waals surface area contributed by atoms with Crippen LogP contribution in [0, 0.1) is 0 Å². The van der Waals surface area contributed by atoms with Crippen LogP contribution in [-0.4, -0.2) is 36.5 Å². The molecule has 0 aromatic carbocycles. The molecule has 3 heteroatoms. The lowest BCUT2D eigenvalue weighted by molar-refractivity contribution is -0.130. The van der Waals surface area contributed by atoms with Crippen LogP contribution in [0.5, 0.6) is 0 Å². The van der Waals surface area contributed by atoms with Crippen LogP contribution in [0.25, 0.3) is 0 Å². The van der Waals surface area contributed by atoms with Crippen molar-refractivity contribution in [2.24, 2.45) is 0 Å². The summed E-state index contributed by atoms with van der Waals surface area (Å²) < 4.78 is 0. The summed E-state index contributed by atoms with van der Waals surface area (Å²) in [5, 5.41) is 3.51. The van der Waals surface area contributed by atoms with E-state index in [1.807, 2.05) is 4.90 Å². The van der Waals surface area contributed by atoms with Gasteiger partial charge in [0.2, 0.25) is 5.91 Å². The molecule has 0 aromatic heterocycles. The van der Waals surface area contributed by atoms with E-state index >= 15 is 0 Å². The molecule has 0 aromatic rings. The molecule has 1 amide bonds. The predicted octanol–water partition coefficient (Wildman–Crippen LogP) is 2.56. The first-order valence-corrected chi connectivity index (χ1v) is 7.29. The van der Waals surface area contributed by atoms with Crippen LogP contribution < -0.4 is 5.32 Å². The first-order chi connectivity index (χ1) is 8.27. The number of amides is 1. The third-order valence-electron chi connectivity index (χ3n) is 3.63. The number of carbonyl (C=O) groups is 1. The number of unbranched alkanes of at least 4 members (excludes halogenated alkanes) is 1. The Bertz CT molecular complexity index is 212. The molecule has 0 aliphatic carbocycles. The molecule has 0 radical (unpaired) electrons. The van der Waals surface area contributed by atoms with Crippen molar-refractivity contribution in [1.29, 1.82) is 0 Å². The normalized spacial score (nSPS) is 17.4. The Balaban J connectivity index is 2.10. The van der Waals surface area contributed by atoms with Gasteiger partial charge in [0.25, 0.3) is 0 Å². The van der Waals surface area contributed by atoms with E-state index in [9.17, 15) is 4.79 Å². The fourth-order valence-electron chi connectivity index (χ4n) is 2.41. The van der Waals surface area contributed by atoms with Crippen LogP contribution in [0.4, 0.5) is 0 Å². The molecule has 1 N–H and O–H groups in total. The number of likely N-dealkylation sites (tertiary alicyclic amines) is 1. The van der Waals surface area contributed by atoms with E-state index in [1.54, 1.807) is 0 Å². The highest BCUT2D eigenvalue weighted by molar-refractivity contribution is 5.76. The average Bonchev–Trinajstić information content (AvgIpc) is 2.87. The van der Waals surface area contributed by atoms with Crippen molar-refractivity contribution in [2.75, 3.05) is 19.6 Å². The van der Waals surface area contributed by atoms with E-state index in [4.69, 9.17) is 0 Å². The van der Waals surface area contributed by atoms with Gasteiger partial charge in [-0.05, 0) is 25.7 Å². The molecule has 1 fully saturated rings. The minimum atomic E-state index is 0.334. The number of hydrogen-bond acceptors (Lipinski definition) is 2. The lowest BCUT2D eigenvalue weighted by Crippen LogP contribution is -2.34. The van der Waals surface area contributed by atoms with E-state index in [2.05, 4.69) is 19.2 Å². The maximum absolute atomic E-state index is 11.8. The van der Waals surface area contributed by atoms with Gasteiger partial charge in [0.05, 0.1) is 0 Å². The summed E-state index contributed by atoms with van der Waals surface area (Å²) in [6.07, 6.45) is 7.99. The molecule has 1 aliphatic rings. The Morgan fingerprint density at radius 2 is 2.00 bits per heavy atom. The Labute approximate surface area is 106 Å². The molecule has 0 bridgehead atoms. The van der Waals surface area contributed by atoms with Crippen LogP contribution in [0.15, 0.2) is 0 Å². The molecule has 0 saturated carbocycles. The standard InChI is InChI=1S/C14H28N2O/c1-3-5-8-13(4-2)15-10-9-14(17)16-11-6-7-12-16/h13,15H,3-12H2,1-2H3. The second-order valence-corrected chi connectivity index (χ2v) is 5.04. The van der Waals surface area contributed by atoms with Gasteiger partial charge in [-0.2, -0.15) is 0 Å². The van der Waals surface area contributed by atoms with E-state index in [0.717, 1.165) is 26.1 Å². The monoisotopic (exact) mass is 240 g/mol. The molecule has 0 spiro atoms. The molecule has 1 heterocycles. The molecular weight excluding hydrogens is 212 g/mol. The second-order valence-electron chi connectivity index (χ2n) is 5.04. The summed E-state index contributed by atoms with van der Waals surface area (Å²) >= 11 is 0. The van der Waals surface area contributed by atoms with Crippen molar-refractivity contribution in [3.05, 3.63) is 0 Å². The molecule has 3 nitrogen and oxygen atoms in total. The minimum Gasteiger partial charge on any atom is -0.343 e. The molecule has 1 saturated heterocycles. The van der Waals surface area contributed by atoms with Crippen molar-refractivity contribution in [1.82, 2.24) is 10.2 Å². The Morgan fingerprint density at radius 1 is 1.29 bits per heavy atom. The fourth-order valence-corrected chi connectivity index (χ4v) is 2.41. The van der Waals surface area contributed by atoms with Gasteiger partial charge in [0.15, 0.2) is 0 Å². The number of nitrogens with one attached hydrogen (secondary N) is 1. The fraction of sp³-hybridized carbons (Fsp3) is 0.929. The maximum atomic E-state index is 11.8. The van der Waals surface area contributed by atoms with E-state index in [1.165, 1.54) is 32.1 Å². The largest absolute Gasteiger partial charge is 0.343 e. The van der Waals surface area contributed by atoms with Gasteiger partial charge in [-0.15, -0.1) is 0 Å². The van der Waals surface area contributed by atoms with E-state index in [-0.39, 0.29) is 0 Å². The molecular formula is C14H28N2O. The van der Waals surface area contributed by atoms with Gasteiger partial charge in [-0.3, -0.25) is 4.79 Å². The number of rotatable bonds is 8. The smallest absolute Gasteiger partial charge is 0.223 e. The van der Waals surface area contributed by atoms with Crippen molar-refractivity contribution in [3.63, 3.8) is 0 Å². The quantitative estimate of drug-likeness (QED) is 0.707. The van der Waals surface area contributed by atoms with Gasteiger partial charge >= 0.3 is 0 Å². The first-order valence-electron chi connectivity index (χ1n) is 7.29.